The van der Waals surface area contributed by atoms with E-state index in [1.807, 2.05) is 0 Å². The topological polar surface area (TPSA) is 73.2 Å². The van der Waals surface area contributed by atoms with Crippen molar-refractivity contribution in [2.45, 2.75) is 24.8 Å². The van der Waals surface area contributed by atoms with Crippen LogP contribution in [0.2, 0.25) is 5.15 Å². The molecule has 0 bridgehead atoms. The van der Waals surface area contributed by atoms with Crippen molar-refractivity contribution in [3.05, 3.63) is 11.5 Å². The van der Waals surface area contributed by atoms with Gasteiger partial charge in [0.05, 0.1) is 12.9 Å². The molecule has 0 atom stereocenters. The maximum absolute atomic E-state index is 11.8. The average Bonchev–Trinajstić information content (AvgIpc) is 2.65. The van der Waals surface area contributed by atoms with Gasteiger partial charge in [-0.1, -0.05) is 24.9 Å². The number of nitrogens with one attached hydrogen (secondary N) is 1. The summed E-state index contributed by atoms with van der Waals surface area (Å²) in [5.41, 5.74) is 0. The van der Waals surface area contributed by atoms with Crippen molar-refractivity contribution in [3.8, 4) is 0 Å². The molecule has 1 aromatic rings. The molecule has 0 saturated carbocycles. The fourth-order valence-electron chi connectivity index (χ4n) is 1.24. The van der Waals surface area contributed by atoms with E-state index in [1.165, 1.54) is 10.9 Å². The molecule has 0 aliphatic rings. The van der Waals surface area contributed by atoms with Crippen LogP contribution in [-0.4, -0.2) is 37.7 Å². The number of nitrogens with zero attached hydrogens (tertiary/aromatic N) is 2. The van der Waals surface area contributed by atoms with E-state index in [1.54, 1.807) is 7.05 Å². The summed E-state index contributed by atoms with van der Waals surface area (Å²) in [5.74, 6) is 0. The molecule has 0 fully saturated rings. The second-order valence-corrected chi connectivity index (χ2v) is 5.86. The molecule has 104 valence electrons. The average molecular weight is 296 g/mol. The van der Waals surface area contributed by atoms with E-state index < -0.39 is 10.0 Å². The number of halogens is 1. The molecular weight excluding hydrogens is 278 g/mol. The molecule has 8 heteroatoms. The maximum Gasteiger partial charge on any atom is 0.261 e. The highest BCUT2D eigenvalue weighted by molar-refractivity contribution is 7.89. The van der Waals surface area contributed by atoms with Gasteiger partial charge in [0.25, 0.3) is 10.0 Å². The molecule has 1 rings (SSSR count). The van der Waals surface area contributed by atoms with Crippen molar-refractivity contribution in [1.29, 1.82) is 0 Å². The molecule has 1 aromatic heterocycles. The van der Waals surface area contributed by atoms with Gasteiger partial charge in [0, 0.05) is 20.2 Å². The molecule has 18 heavy (non-hydrogen) atoms. The van der Waals surface area contributed by atoms with Crippen molar-refractivity contribution in [1.82, 2.24) is 14.3 Å². The monoisotopic (exact) mass is 295 g/mol. The number of hydrogen-bond donors (Lipinski definition) is 1. The first kappa shape index (κ1) is 15.4. The predicted molar refractivity (Wildman–Crippen MR) is 69.1 cm³/mol. The van der Waals surface area contributed by atoms with Crippen molar-refractivity contribution >= 4 is 21.6 Å². The molecule has 0 spiro atoms. The molecule has 0 unspecified atom stereocenters. The van der Waals surface area contributed by atoms with E-state index in [9.17, 15) is 8.42 Å². The lowest BCUT2D eigenvalue weighted by atomic mass is 10.4. The van der Waals surface area contributed by atoms with Crippen LogP contribution in [0.25, 0.3) is 0 Å². The van der Waals surface area contributed by atoms with E-state index in [0.29, 0.717) is 13.2 Å². The number of imidazole rings is 1. The molecule has 0 saturated heterocycles. The molecular formula is C10H18ClN3O3S. The van der Waals surface area contributed by atoms with Gasteiger partial charge in [0.2, 0.25) is 5.03 Å². The zero-order chi connectivity index (χ0) is 13.6. The number of unbranched alkanes of at least 4 members (excludes halogenated alkanes) is 1. The van der Waals surface area contributed by atoms with Crippen LogP contribution in [0, 0.1) is 0 Å². The molecule has 1 heterocycles. The summed E-state index contributed by atoms with van der Waals surface area (Å²) < 4.78 is 32.7. The third-order valence-electron chi connectivity index (χ3n) is 2.27. The number of ether oxygens (including phenoxy) is 1. The summed E-state index contributed by atoms with van der Waals surface area (Å²) in [5, 5.41) is -0.0605. The number of hydrogen-bond acceptors (Lipinski definition) is 4. The quantitative estimate of drug-likeness (QED) is 0.731. The molecule has 6 nitrogen and oxygen atoms in total. The minimum Gasteiger partial charge on any atom is -0.380 e. The molecule has 0 amide bonds. The Balaban J connectivity index is 2.44. The lowest BCUT2D eigenvalue weighted by molar-refractivity contribution is 0.136. The first-order chi connectivity index (χ1) is 8.49. The highest BCUT2D eigenvalue weighted by Crippen LogP contribution is 2.17. The van der Waals surface area contributed by atoms with Crippen molar-refractivity contribution < 1.29 is 13.2 Å². The molecule has 1 N–H and O–H groups in total. The van der Waals surface area contributed by atoms with Crippen LogP contribution in [0.3, 0.4) is 0 Å². The minimum absolute atomic E-state index is 0.0920. The molecule has 0 aliphatic heterocycles. The van der Waals surface area contributed by atoms with E-state index in [2.05, 4.69) is 16.6 Å². The van der Waals surface area contributed by atoms with Crippen LogP contribution >= 0.6 is 11.6 Å². The third-order valence-corrected chi connectivity index (χ3v) is 4.22. The zero-order valence-electron chi connectivity index (χ0n) is 10.5. The second-order valence-electron chi connectivity index (χ2n) is 3.82. The minimum atomic E-state index is -3.66. The third kappa shape index (κ3) is 4.24. The Labute approximate surface area is 112 Å². The maximum atomic E-state index is 11.8. The molecule has 0 aliphatic carbocycles. The van der Waals surface area contributed by atoms with Crippen LogP contribution in [0.4, 0.5) is 0 Å². The Morgan fingerprint density at radius 3 is 2.78 bits per heavy atom. The van der Waals surface area contributed by atoms with Crippen LogP contribution < -0.4 is 4.72 Å². The Morgan fingerprint density at radius 2 is 2.22 bits per heavy atom. The van der Waals surface area contributed by atoms with Gasteiger partial charge in [-0.3, -0.25) is 0 Å². The smallest absolute Gasteiger partial charge is 0.261 e. The standard InChI is InChI=1S/C10H18ClN3O3S/c1-3-4-6-17-7-5-13-18(15,16)10-9(11)14(2)8-12-10/h8,13H,3-7H2,1-2H3. The van der Waals surface area contributed by atoms with Crippen LogP contribution in [0.1, 0.15) is 19.8 Å². The van der Waals surface area contributed by atoms with Crippen LogP contribution in [-0.2, 0) is 21.8 Å². The van der Waals surface area contributed by atoms with Gasteiger partial charge in [-0.2, -0.15) is 0 Å². The first-order valence-electron chi connectivity index (χ1n) is 5.73. The van der Waals surface area contributed by atoms with E-state index in [-0.39, 0.29) is 16.7 Å². The van der Waals surface area contributed by atoms with Crippen LogP contribution in [0.5, 0.6) is 0 Å². The van der Waals surface area contributed by atoms with Gasteiger partial charge in [0.15, 0.2) is 0 Å². The number of rotatable bonds is 8. The highest BCUT2D eigenvalue weighted by Gasteiger charge is 2.21. The Hall–Kier alpha value is -0.630. The lowest BCUT2D eigenvalue weighted by Crippen LogP contribution is -2.28. The first-order valence-corrected chi connectivity index (χ1v) is 7.59. The van der Waals surface area contributed by atoms with E-state index >= 15 is 0 Å². The van der Waals surface area contributed by atoms with E-state index in [4.69, 9.17) is 16.3 Å². The van der Waals surface area contributed by atoms with Gasteiger partial charge in [-0.05, 0) is 6.42 Å². The summed E-state index contributed by atoms with van der Waals surface area (Å²) in [7, 11) is -2.03. The molecule has 0 radical (unpaired) electrons. The zero-order valence-corrected chi connectivity index (χ0v) is 12.1. The number of sulfonamides is 1. The van der Waals surface area contributed by atoms with Gasteiger partial charge in [-0.25, -0.2) is 18.1 Å². The predicted octanol–water partition coefficient (Wildman–Crippen LogP) is 1.17. The number of aromatic nitrogens is 2. The van der Waals surface area contributed by atoms with Crippen molar-refractivity contribution in [2.75, 3.05) is 19.8 Å². The van der Waals surface area contributed by atoms with Crippen molar-refractivity contribution in [3.63, 3.8) is 0 Å². The van der Waals surface area contributed by atoms with Crippen molar-refractivity contribution in [2.24, 2.45) is 7.05 Å². The van der Waals surface area contributed by atoms with Gasteiger partial charge >= 0.3 is 0 Å². The fourth-order valence-corrected chi connectivity index (χ4v) is 2.68. The second kappa shape index (κ2) is 7.08. The van der Waals surface area contributed by atoms with Gasteiger partial charge in [-0.15, -0.1) is 0 Å². The normalized spacial score (nSPS) is 11.9. The summed E-state index contributed by atoms with van der Waals surface area (Å²) in [6.07, 6.45) is 3.38. The summed E-state index contributed by atoms with van der Waals surface area (Å²) in [6, 6.07) is 0. The number of aryl methyl sites for hydroxylation is 1. The highest BCUT2D eigenvalue weighted by atomic mass is 35.5. The Kier molecular flexibility index (Phi) is 6.07. The largest absolute Gasteiger partial charge is 0.380 e. The van der Waals surface area contributed by atoms with Gasteiger partial charge in [0.1, 0.15) is 5.15 Å². The fraction of sp³-hybridized carbons (Fsp3) is 0.700. The Morgan fingerprint density at radius 1 is 1.50 bits per heavy atom. The lowest BCUT2D eigenvalue weighted by Gasteiger charge is -2.06. The SMILES string of the molecule is CCCCOCCNS(=O)(=O)c1ncn(C)c1Cl. The summed E-state index contributed by atoms with van der Waals surface area (Å²) in [4.78, 5) is 3.76. The van der Waals surface area contributed by atoms with Crippen LogP contribution in [0.15, 0.2) is 11.4 Å². The Bertz CT molecular complexity index is 473. The molecule has 0 aromatic carbocycles. The summed E-state index contributed by atoms with van der Waals surface area (Å²) >= 11 is 5.82. The summed E-state index contributed by atoms with van der Waals surface area (Å²) in [6.45, 7) is 3.25. The van der Waals surface area contributed by atoms with E-state index in [0.717, 1.165) is 12.8 Å². The van der Waals surface area contributed by atoms with Gasteiger partial charge < -0.3 is 9.30 Å².